The molecule has 1 aromatic carbocycles. The minimum absolute atomic E-state index is 0.193. The molecule has 4 heterocycles. The molecule has 0 saturated carbocycles. The van der Waals surface area contributed by atoms with Crippen LogP contribution in [0, 0.1) is 12.8 Å². The van der Waals surface area contributed by atoms with Crippen molar-refractivity contribution in [2.75, 3.05) is 31.5 Å². The summed E-state index contributed by atoms with van der Waals surface area (Å²) >= 11 is 0. The molecule has 1 amide bonds. The fourth-order valence-corrected chi connectivity index (χ4v) is 4.38. The van der Waals surface area contributed by atoms with Gasteiger partial charge in [-0.2, -0.15) is 0 Å². The third kappa shape index (κ3) is 3.54. The number of likely N-dealkylation sites (tertiary alicyclic amines) is 1. The lowest BCUT2D eigenvalue weighted by molar-refractivity contribution is 0.102. The van der Waals surface area contributed by atoms with Crippen LogP contribution in [-0.2, 0) is 6.54 Å². The molecule has 1 N–H and O–H groups in total. The van der Waals surface area contributed by atoms with Gasteiger partial charge in [-0.15, -0.1) is 0 Å². The maximum absolute atomic E-state index is 13.1. The Morgan fingerprint density at radius 2 is 1.97 bits per heavy atom. The van der Waals surface area contributed by atoms with Crippen molar-refractivity contribution < 1.29 is 9.21 Å². The van der Waals surface area contributed by atoms with E-state index in [0.29, 0.717) is 29.3 Å². The normalized spacial score (nSPS) is 18.9. The number of rotatable bonds is 4. The molecular weight excluding hydrogens is 378 g/mol. The number of fused-ring (bicyclic) bond motifs is 3. The molecule has 0 spiro atoms. The van der Waals surface area contributed by atoms with Crippen molar-refractivity contribution in [2.45, 2.75) is 33.2 Å². The van der Waals surface area contributed by atoms with E-state index in [0.717, 1.165) is 43.6 Å². The van der Waals surface area contributed by atoms with E-state index >= 15 is 0 Å². The lowest BCUT2D eigenvalue weighted by Gasteiger charge is -2.30. The predicted octanol–water partition coefficient (Wildman–Crippen LogP) is 3.81. The smallest absolute Gasteiger partial charge is 0.260 e. The predicted molar refractivity (Wildman–Crippen MR) is 118 cm³/mol. The molecule has 7 heteroatoms. The summed E-state index contributed by atoms with van der Waals surface area (Å²) in [6, 6.07) is 8.13. The zero-order valence-electron chi connectivity index (χ0n) is 17.5. The minimum Gasteiger partial charge on any atom is -0.442 e. The first-order valence-electron chi connectivity index (χ1n) is 10.7. The first-order valence-corrected chi connectivity index (χ1v) is 10.7. The highest BCUT2D eigenvalue weighted by molar-refractivity contribution is 6.19. The van der Waals surface area contributed by atoms with Gasteiger partial charge in [-0.25, -0.2) is 4.99 Å². The van der Waals surface area contributed by atoms with Crippen molar-refractivity contribution in [3.8, 4) is 0 Å². The van der Waals surface area contributed by atoms with Crippen molar-refractivity contribution in [1.82, 2.24) is 9.80 Å². The highest BCUT2D eigenvalue weighted by Crippen LogP contribution is 2.34. The number of nitrogens with one attached hydrogen (secondary N) is 1. The number of aliphatic imine (C=N–C) groups is 2. The van der Waals surface area contributed by atoms with E-state index in [1.807, 2.05) is 17.0 Å². The molecule has 0 bridgehead atoms. The van der Waals surface area contributed by atoms with Crippen molar-refractivity contribution in [3.63, 3.8) is 0 Å². The van der Waals surface area contributed by atoms with Crippen LogP contribution in [0.4, 0.5) is 11.6 Å². The van der Waals surface area contributed by atoms with Gasteiger partial charge >= 0.3 is 0 Å². The summed E-state index contributed by atoms with van der Waals surface area (Å²) in [5.74, 6) is 2.43. The van der Waals surface area contributed by atoms with E-state index in [1.165, 1.54) is 18.4 Å². The average molecular weight is 406 g/mol. The summed E-state index contributed by atoms with van der Waals surface area (Å²) in [6.07, 6.45) is 4.27. The Bertz CT molecular complexity index is 1010. The zero-order chi connectivity index (χ0) is 20.7. The number of furan rings is 1. The molecule has 5 rings (SSSR count). The van der Waals surface area contributed by atoms with E-state index in [-0.39, 0.29) is 5.91 Å². The van der Waals surface area contributed by atoms with E-state index < -0.39 is 0 Å². The third-order valence-corrected chi connectivity index (χ3v) is 6.20. The van der Waals surface area contributed by atoms with Gasteiger partial charge in [0.15, 0.2) is 0 Å². The van der Waals surface area contributed by atoms with Crippen LogP contribution in [0.3, 0.4) is 0 Å². The first-order chi connectivity index (χ1) is 14.6. The Morgan fingerprint density at radius 1 is 1.20 bits per heavy atom. The number of carbonyl (C=O) groups excluding carboxylic acids is 1. The number of hydrogen-bond acceptors (Lipinski definition) is 6. The maximum atomic E-state index is 13.1. The fraction of sp³-hybridized carbons (Fsp3) is 0.435. The van der Waals surface area contributed by atoms with Gasteiger partial charge in [-0.1, -0.05) is 19.1 Å². The van der Waals surface area contributed by atoms with Gasteiger partial charge < -0.3 is 14.6 Å². The van der Waals surface area contributed by atoms with Crippen LogP contribution in [-0.4, -0.2) is 54.1 Å². The molecule has 156 valence electrons. The number of amidine groups is 1. The van der Waals surface area contributed by atoms with E-state index in [9.17, 15) is 4.79 Å². The van der Waals surface area contributed by atoms with Gasteiger partial charge in [0.2, 0.25) is 5.88 Å². The topological polar surface area (TPSA) is 73.4 Å². The molecule has 0 radical (unpaired) electrons. The molecule has 1 saturated heterocycles. The highest BCUT2D eigenvalue weighted by atomic mass is 16.4. The third-order valence-electron chi connectivity index (χ3n) is 6.20. The molecule has 30 heavy (non-hydrogen) atoms. The molecule has 3 aliphatic heterocycles. The van der Waals surface area contributed by atoms with Gasteiger partial charge in [0.25, 0.3) is 5.91 Å². The van der Waals surface area contributed by atoms with Gasteiger partial charge in [-0.05, 0) is 56.5 Å². The molecule has 1 aromatic heterocycles. The van der Waals surface area contributed by atoms with Crippen LogP contribution in [0.25, 0.3) is 0 Å². The summed E-state index contributed by atoms with van der Waals surface area (Å²) in [5.41, 5.74) is 3.25. The number of anilines is 1. The number of piperidine rings is 1. The summed E-state index contributed by atoms with van der Waals surface area (Å²) in [4.78, 5) is 26.4. The SMILES string of the molecule is Cc1oc2c(c1C(=O)Nc1ccc(CN3CCC(C)CC3)cc1)C1=NCCN1C=N2. The number of aryl methyl sites for hydroxylation is 1. The molecule has 0 unspecified atom stereocenters. The summed E-state index contributed by atoms with van der Waals surface area (Å²) in [5, 5.41) is 3.01. The Hall–Kier alpha value is -2.93. The summed E-state index contributed by atoms with van der Waals surface area (Å²) in [7, 11) is 0. The van der Waals surface area contributed by atoms with Crippen LogP contribution < -0.4 is 5.32 Å². The van der Waals surface area contributed by atoms with Crippen molar-refractivity contribution in [2.24, 2.45) is 15.9 Å². The largest absolute Gasteiger partial charge is 0.442 e. The number of nitrogens with zero attached hydrogens (tertiary/aromatic N) is 4. The summed E-state index contributed by atoms with van der Waals surface area (Å²) < 4.78 is 5.74. The average Bonchev–Trinajstić information content (AvgIpc) is 3.34. The fourth-order valence-electron chi connectivity index (χ4n) is 4.38. The molecule has 0 atom stereocenters. The lowest BCUT2D eigenvalue weighted by Crippen LogP contribution is -2.32. The molecule has 1 fully saturated rings. The monoisotopic (exact) mass is 405 g/mol. The second-order valence-electron chi connectivity index (χ2n) is 8.47. The van der Waals surface area contributed by atoms with Gasteiger partial charge in [0, 0.05) is 18.8 Å². The zero-order valence-corrected chi connectivity index (χ0v) is 17.5. The Balaban J connectivity index is 1.30. The second kappa shape index (κ2) is 7.72. The van der Waals surface area contributed by atoms with Gasteiger partial charge in [-0.3, -0.25) is 14.7 Å². The van der Waals surface area contributed by atoms with Crippen LogP contribution in [0.15, 0.2) is 38.7 Å². The Kier molecular flexibility index (Phi) is 4.90. The second-order valence-corrected chi connectivity index (χ2v) is 8.47. The molecule has 0 aliphatic carbocycles. The Labute approximate surface area is 176 Å². The lowest BCUT2D eigenvalue weighted by atomic mass is 9.99. The van der Waals surface area contributed by atoms with Crippen LogP contribution in [0.1, 0.15) is 47.0 Å². The minimum atomic E-state index is -0.193. The van der Waals surface area contributed by atoms with E-state index in [4.69, 9.17) is 4.42 Å². The van der Waals surface area contributed by atoms with E-state index in [2.05, 4.69) is 39.3 Å². The Morgan fingerprint density at radius 3 is 2.73 bits per heavy atom. The number of amides is 1. The van der Waals surface area contributed by atoms with Crippen molar-refractivity contribution >= 4 is 29.7 Å². The van der Waals surface area contributed by atoms with E-state index in [1.54, 1.807) is 13.3 Å². The molecule has 2 aromatic rings. The number of hydrogen-bond donors (Lipinski definition) is 1. The number of benzene rings is 1. The van der Waals surface area contributed by atoms with Crippen LogP contribution in [0.2, 0.25) is 0 Å². The first kappa shape index (κ1) is 19.1. The van der Waals surface area contributed by atoms with Crippen LogP contribution in [0.5, 0.6) is 0 Å². The standard InChI is InChI=1S/C23H27N5O2/c1-15-7-10-27(11-8-15)13-17-3-5-18(6-4-17)26-22(29)19-16(2)30-23-20(19)21-24-9-12-28(21)14-25-23/h3-6,14-15H,7-13H2,1-2H3,(H,26,29). The summed E-state index contributed by atoms with van der Waals surface area (Å²) in [6.45, 7) is 8.89. The molecule has 7 nitrogen and oxygen atoms in total. The quantitative estimate of drug-likeness (QED) is 0.840. The van der Waals surface area contributed by atoms with Gasteiger partial charge in [0.05, 0.1) is 17.7 Å². The molecule has 3 aliphatic rings. The highest BCUT2D eigenvalue weighted by Gasteiger charge is 2.33. The molecular formula is C23H27N5O2. The van der Waals surface area contributed by atoms with Crippen LogP contribution >= 0.6 is 0 Å². The van der Waals surface area contributed by atoms with Gasteiger partial charge in [0.1, 0.15) is 17.9 Å². The van der Waals surface area contributed by atoms with Crippen molar-refractivity contribution in [1.29, 1.82) is 0 Å². The van der Waals surface area contributed by atoms with Crippen molar-refractivity contribution in [3.05, 3.63) is 46.7 Å². The maximum Gasteiger partial charge on any atom is 0.260 e. The number of carbonyl (C=O) groups is 1.